The molecule has 6 heteroatoms. The van der Waals surface area contributed by atoms with E-state index in [-0.39, 0.29) is 0 Å². The van der Waals surface area contributed by atoms with Crippen LogP contribution in [0.5, 0.6) is 0 Å². The van der Waals surface area contributed by atoms with Gasteiger partial charge < -0.3 is 5.32 Å². The van der Waals surface area contributed by atoms with Crippen LogP contribution in [0, 0.1) is 6.08 Å². The van der Waals surface area contributed by atoms with E-state index in [0.717, 1.165) is 5.56 Å². The Balaban J connectivity index is 0.000000774. The van der Waals surface area contributed by atoms with Crippen LogP contribution in [-0.2, 0) is 13.6 Å². The van der Waals surface area contributed by atoms with Crippen LogP contribution < -0.4 is 5.32 Å². The Kier molecular flexibility index (Phi) is 4.81. The van der Waals surface area contributed by atoms with E-state index >= 15 is 0 Å². The largest absolute Gasteiger partial charge is 0.365 e. The fourth-order valence-corrected chi connectivity index (χ4v) is 1.91. The Morgan fingerprint density at radius 3 is 2.57 bits per heavy atom. The summed E-state index contributed by atoms with van der Waals surface area (Å²) in [5.41, 5.74) is 1.57. The number of aryl methyl sites for hydroxylation is 1. The Bertz CT molecular complexity index is 709. The van der Waals surface area contributed by atoms with Crippen LogP contribution in [0.1, 0.15) is 19.4 Å². The van der Waals surface area contributed by atoms with Crippen LogP contribution in [0.2, 0.25) is 0 Å². The van der Waals surface area contributed by atoms with E-state index in [9.17, 15) is 4.39 Å². The zero-order chi connectivity index (χ0) is 15.2. The molecule has 110 valence electrons. The maximum absolute atomic E-state index is 13.4. The van der Waals surface area contributed by atoms with Crippen molar-refractivity contribution in [3.8, 4) is 0 Å². The fourth-order valence-electron chi connectivity index (χ4n) is 1.91. The molecule has 3 aromatic rings. The third-order valence-corrected chi connectivity index (χ3v) is 2.87. The molecule has 0 radical (unpaired) electrons. The molecule has 1 aromatic carbocycles. The molecule has 21 heavy (non-hydrogen) atoms. The minimum absolute atomic E-state index is 0.458. The van der Waals surface area contributed by atoms with Crippen molar-refractivity contribution in [1.29, 1.82) is 0 Å². The van der Waals surface area contributed by atoms with E-state index in [2.05, 4.69) is 20.4 Å². The van der Waals surface area contributed by atoms with Gasteiger partial charge in [0, 0.05) is 13.6 Å². The average molecular weight is 287 g/mol. The van der Waals surface area contributed by atoms with Crippen LogP contribution in [0.4, 0.5) is 10.2 Å². The van der Waals surface area contributed by atoms with E-state index < -0.39 is 6.08 Å². The van der Waals surface area contributed by atoms with Gasteiger partial charge in [0.1, 0.15) is 5.82 Å². The first-order valence-electron chi connectivity index (χ1n) is 6.87. The molecule has 2 heterocycles. The smallest absolute Gasteiger partial charge is 0.312 e. The molecule has 0 spiro atoms. The highest BCUT2D eigenvalue weighted by Crippen LogP contribution is 2.19. The first-order chi connectivity index (χ1) is 10.2. The second kappa shape index (κ2) is 6.78. The summed E-state index contributed by atoms with van der Waals surface area (Å²) in [5.74, 6) is 0.458. The molecule has 0 bridgehead atoms. The predicted octanol–water partition coefficient (Wildman–Crippen LogP) is 3.14. The van der Waals surface area contributed by atoms with Crippen molar-refractivity contribution in [3.05, 3.63) is 48.2 Å². The third-order valence-electron chi connectivity index (χ3n) is 2.87. The van der Waals surface area contributed by atoms with E-state index in [1.807, 2.05) is 44.2 Å². The summed E-state index contributed by atoms with van der Waals surface area (Å²) in [6.45, 7) is 4.57. The number of anilines is 1. The summed E-state index contributed by atoms with van der Waals surface area (Å²) < 4.78 is 14.9. The first kappa shape index (κ1) is 14.9. The number of aromatic nitrogens is 4. The minimum atomic E-state index is -0.758. The van der Waals surface area contributed by atoms with Gasteiger partial charge >= 0.3 is 6.08 Å². The summed E-state index contributed by atoms with van der Waals surface area (Å²) in [7, 11) is 1.72. The van der Waals surface area contributed by atoms with E-state index in [4.69, 9.17) is 0 Å². The number of hydrogen-bond acceptors (Lipinski definition) is 4. The number of benzene rings is 1. The van der Waals surface area contributed by atoms with Crippen LogP contribution in [0.25, 0.3) is 11.0 Å². The van der Waals surface area contributed by atoms with Crippen molar-refractivity contribution in [2.75, 3.05) is 5.32 Å². The van der Waals surface area contributed by atoms with Gasteiger partial charge in [-0.1, -0.05) is 44.2 Å². The number of fused-ring (bicyclic) bond motifs is 1. The zero-order valence-electron chi connectivity index (χ0n) is 12.3. The molecule has 0 atom stereocenters. The highest BCUT2D eigenvalue weighted by atomic mass is 19.1. The SMILES string of the molecule is CC.Cn1ncc2c(NCc3ccccc3)nc(F)nc21. The van der Waals surface area contributed by atoms with Crippen molar-refractivity contribution in [1.82, 2.24) is 19.7 Å². The lowest BCUT2D eigenvalue weighted by atomic mass is 10.2. The van der Waals surface area contributed by atoms with Gasteiger partial charge in [0.2, 0.25) is 0 Å². The van der Waals surface area contributed by atoms with Gasteiger partial charge in [0.05, 0.1) is 11.6 Å². The molecule has 3 rings (SSSR count). The monoisotopic (exact) mass is 287 g/mol. The summed E-state index contributed by atoms with van der Waals surface area (Å²) in [5, 5.41) is 7.88. The van der Waals surface area contributed by atoms with Gasteiger partial charge in [0.15, 0.2) is 5.65 Å². The highest BCUT2D eigenvalue weighted by Gasteiger charge is 2.10. The molecule has 0 saturated heterocycles. The summed E-state index contributed by atoms with van der Waals surface area (Å²) in [4.78, 5) is 7.52. The lowest BCUT2D eigenvalue weighted by Crippen LogP contribution is -2.05. The predicted molar refractivity (Wildman–Crippen MR) is 81.4 cm³/mol. The maximum Gasteiger partial charge on any atom is 0.312 e. The van der Waals surface area contributed by atoms with Crippen molar-refractivity contribution < 1.29 is 4.39 Å². The zero-order valence-corrected chi connectivity index (χ0v) is 12.3. The topological polar surface area (TPSA) is 55.6 Å². The molecule has 0 amide bonds. The average Bonchev–Trinajstić information content (AvgIpc) is 2.89. The molecular weight excluding hydrogens is 269 g/mol. The number of nitrogens with one attached hydrogen (secondary N) is 1. The molecule has 0 unspecified atom stereocenters. The molecule has 0 saturated carbocycles. The second-order valence-electron chi connectivity index (χ2n) is 4.19. The van der Waals surface area contributed by atoms with E-state index in [1.54, 1.807) is 13.2 Å². The lowest BCUT2D eigenvalue weighted by Gasteiger charge is -2.06. The molecule has 0 aliphatic carbocycles. The van der Waals surface area contributed by atoms with Gasteiger partial charge in [0.25, 0.3) is 0 Å². The van der Waals surface area contributed by atoms with E-state index in [1.165, 1.54) is 4.68 Å². The van der Waals surface area contributed by atoms with Crippen molar-refractivity contribution in [2.45, 2.75) is 20.4 Å². The summed E-state index contributed by atoms with van der Waals surface area (Å²) >= 11 is 0. The number of halogens is 1. The minimum Gasteiger partial charge on any atom is -0.365 e. The Morgan fingerprint density at radius 2 is 1.86 bits per heavy atom. The third kappa shape index (κ3) is 3.34. The molecule has 1 N–H and O–H groups in total. The highest BCUT2D eigenvalue weighted by molar-refractivity contribution is 5.85. The first-order valence-corrected chi connectivity index (χ1v) is 6.87. The number of hydrogen-bond donors (Lipinski definition) is 1. The molecule has 2 aromatic heterocycles. The van der Waals surface area contributed by atoms with E-state index in [0.29, 0.717) is 23.4 Å². The second-order valence-corrected chi connectivity index (χ2v) is 4.19. The molecule has 0 aliphatic heterocycles. The van der Waals surface area contributed by atoms with Crippen molar-refractivity contribution in [2.24, 2.45) is 7.05 Å². The van der Waals surface area contributed by atoms with Gasteiger partial charge in [-0.05, 0) is 5.56 Å². The Labute approximate surface area is 122 Å². The Hall–Kier alpha value is -2.50. The quantitative estimate of drug-likeness (QED) is 0.752. The molecular formula is C15H18FN5. The van der Waals surface area contributed by atoms with Gasteiger partial charge in [-0.25, -0.2) is 0 Å². The molecule has 5 nitrogen and oxygen atoms in total. The number of nitrogens with zero attached hydrogens (tertiary/aromatic N) is 4. The summed E-state index contributed by atoms with van der Waals surface area (Å²) in [6, 6.07) is 9.84. The lowest BCUT2D eigenvalue weighted by molar-refractivity contribution is 0.542. The van der Waals surface area contributed by atoms with Gasteiger partial charge in [-0.2, -0.15) is 19.5 Å². The van der Waals surface area contributed by atoms with Crippen molar-refractivity contribution >= 4 is 16.9 Å². The normalized spacial score (nSPS) is 10.1. The van der Waals surface area contributed by atoms with Crippen LogP contribution in [0.3, 0.4) is 0 Å². The van der Waals surface area contributed by atoms with Crippen molar-refractivity contribution in [3.63, 3.8) is 0 Å². The molecule has 0 fully saturated rings. The fraction of sp³-hybridized carbons (Fsp3) is 0.267. The van der Waals surface area contributed by atoms with Gasteiger partial charge in [-0.3, -0.25) is 4.68 Å². The standard InChI is InChI=1S/C13H12FN5.C2H6/c1-19-12-10(8-16-19)11(17-13(14)18-12)15-7-9-5-3-2-4-6-9;1-2/h2-6,8H,7H2,1H3,(H,15,17,18);1-2H3. The van der Waals surface area contributed by atoms with Crippen LogP contribution in [-0.4, -0.2) is 19.7 Å². The van der Waals surface area contributed by atoms with Gasteiger partial charge in [-0.15, -0.1) is 0 Å². The molecule has 0 aliphatic rings. The van der Waals surface area contributed by atoms with Crippen LogP contribution in [0.15, 0.2) is 36.5 Å². The Morgan fingerprint density at radius 1 is 1.14 bits per heavy atom. The maximum atomic E-state index is 13.4. The summed E-state index contributed by atoms with van der Waals surface area (Å²) in [6.07, 6.45) is 0.869. The van der Waals surface area contributed by atoms with Crippen LogP contribution >= 0.6 is 0 Å². The number of rotatable bonds is 3.